The third kappa shape index (κ3) is 3.87. The van der Waals surface area contributed by atoms with Gasteiger partial charge in [0.1, 0.15) is 0 Å². The highest BCUT2D eigenvalue weighted by Crippen LogP contribution is 2.37. The van der Waals surface area contributed by atoms with Gasteiger partial charge in [-0.2, -0.15) is 0 Å². The van der Waals surface area contributed by atoms with Gasteiger partial charge in [-0.3, -0.25) is 4.79 Å². The molecule has 3 amide bonds. The molecule has 2 unspecified atom stereocenters. The minimum Gasteiger partial charge on any atom is -0.343 e. The van der Waals surface area contributed by atoms with Crippen molar-refractivity contribution < 1.29 is 9.59 Å². The van der Waals surface area contributed by atoms with Crippen LogP contribution in [0.4, 0.5) is 4.79 Å². The lowest BCUT2D eigenvalue weighted by Gasteiger charge is -2.35. The molecule has 3 fully saturated rings. The van der Waals surface area contributed by atoms with E-state index in [1.54, 1.807) is 0 Å². The highest BCUT2D eigenvalue weighted by atomic mass is 16.2. The van der Waals surface area contributed by atoms with Crippen molar-refractivity contribution in [3.8, 4) is 0 Å². The van der Waals surface area contributed by atoms with Gasteiger partial charge in [0, 0.05) is 38.1 Å². The van der Waals surface area contributed by atoms with E-state index in [1.165, 1.54) is 24.8 Å². The first-order valence-electron chi connectivity index (χ1n) is 10.1. The number of nitrogens with one attached hydrogen (secondary N) is 1. The molecule has 26 heavy (non-hydrogen) atoms. The number of hydrogen-bond acceptors (Lipinski definition) is 2. The average Bonchev–Trinajstić information content (AvgIpc) is 3.31. The van der Waals surface area contributed by atoms with Crippen LogP contribution in [0.1, 0.15) is 44.1 Å². The van der Waals surface area contributed by atoms with Crippen LogP contribution in [-0.2, 0) is 11.2 Å². The zero-order chi connectivity index (χ0) is 17.9. The molecule has 0 aromatic heterocycles. The summed E-state index contributed by atoms with van der Waals surface area (Å²) in [6.07, 6.45) is 6.76. The molecule has 5 heteroatoms. The molecule has 140 valence electrons. The zero-order valence-corrected chi connectivity index (χ0v) is 15.4. The van der Waals surface area contributed by atoms with E-state index < -0.39 is 0 Å². The number of carbonyl (C=O) groups is 2. The van der Waals surface area contributed by atoms with Crippen LogP contribution >= 0.6 is 0 Å². The van der Waals surface area contributed by atoms with Gasteiger partial charge in [-0.15, -0.1) is 0 Å². The highest BCUT2D eigenvalue weighted by Gasteiger charge is 2.40. The molecule has 1 aliphatic carbocycles. The number of benzene rings is 1. The molecule has 1 saturated carbocycles. The minimum absolute atomic E-state index is 0.117. The van der Waals surface area contributed by atoms with Crippen molar-refractivity contribution in [2.75, 3.05) is 19.6 Å². The molecule has 2 aliphatic heterocycles. The maximum Gasteiger partial charge on any atom is 0.317 e. The molecule has 2 heterocycles. The zero-order valence-electron chi connectivity index (χ0n) is 15.4. The number of fused-ring (bicyclic) bond motifs is 2. The van der Waals surface area contributed by atoms with E-state index in [0.717, 1.165) is 44.8 Å². The Morgan fingerprint density at radius 3 is 2.46 bits per heavy atom. The molecular weight excluding hydrogens is 326 g/mol. The summed E-state index contributed by atoms with van der Waals surface area (Å²) in [5.74, 6) is 0.963. The smallest absolute Gasteiger partial charge is 0.317 e. The summed E-state index contributed by atoms with van der Waals surface area (Å²) < 4.78 is 0. The fraction of sp³-hybridized carbons (Fsp3) is 0.619. The number of hydrogen-bond donors (Lipinski definition) is 1. The summed E-state index contributed by atoms with van der Waals surface area (Å²) >= 11 is 0. The number of piperidine rings is 2. The van der Waals surface area contributed by atoms with Gasteiger partial charge in [0.15, 0.2) is 0 Å². The number of amides is 3. The Hall–Kier alpha value is -2.04. The monoisotopic (exact) mass is 355 g/mol. The first-order chi connectivity index (χ1) is 12.7. The molecule has 1 aromatic rings. The average molecular weight is 355 g/mol. The summed E-state index contributed by atoms with van der Waals surface area (Å²) in [5, 5.41) is 3.21. The largest absolute Gasteiger partial charge is 0.343 e. The van der Waals surface area contributed by atoms with Crippen LogP contribution in [-0.4, -0.2) is 53.5 Å². The van der Waals surface area contributed by atoms with Crippen LogP contribution in [0.15, 0.2) is 30.3 Å². The SMILES string of the molecule is O=C(CCc1ccccc1)N1CCC(NC(=O)N2CC3CCC2C3)CC1. The van der Waals surface area contributed by atoms with Gasteiger partial charge < -0.3 is 15.1 Å². The second-order valence-electron chi connectivity index (χ2n) is 8.08. The third-order valence-corrected chi connectivity index (χ3v) is 6.32. The predicted octanol–water partition coefficient (Wildman–Crippen LogP) is 2.80. The fourth-order valence-corrected chi connectivity index (χ4v) is 4.76. The number of rotatable bonds is 4. The standard InChI is InChI=1S/C21H29N3O2/c25-20(9-7-16-4-2-1-3-5-16)23-12-10-18(11-13-23)22-21(26)24-15-17-6-8-19(24)14-17/h1-5,17-19H,6-15H2,(H,22,26). The lowest BCUT2D eigenvalue weighted by Crippen LogP contribution is -2.51. The molecule has 2 saturated heterocycles. The first-order valence-corrected chi connectivity index (χ1v) is 10.1. The molecular formula is C21H29N3O2. The Morgan fingerprint density at radius 1 is 1.04 bits per heavy atom. The van der Waals surface area contributed by atoms with Gasteiger partial charge in [-0.05, 0) is 50.0 Å². The molecule has 5 nitrogen and oxygen atoms in total. The number of aryl methyl sites for hydroxylation is 1. The maximum atomic E-state index is 12.5. The lowest BCUT2D eigenvalue weighted by molar-refractivity contribution is -0.132. The van der Waals surface area contributed by atoms with Crippen molar-refractivity contribution in [3.63, 3.8) is 0 Å². The summed E-state index contributed by atoms with van der Waals surface area (Å²) in [6, 6.07) is 11.0. The molecule has 2 bridgehead atoms. The van der Waals surface area contributed by atoms with Crippen LogP contribution in [0.2, 0.25) is 0 Å². The first kappa shape index (κ1) is 17.4. The van der Waals surface area contributed by atoms with Crippen molar-refractivity contribution in [3.05, 3.63) is 35.9 Å². The molecule has 2 atom stereocenters. The summed E-state index contributed by atoms with van der Waals surface area (Å²) in [5.41, 5.74) is 1.21. The Balaban J connectivity index is 1.19. The van der Waals surface area contributed by atoms with E-state index in [2.05, 4.69) is 17.4 Å². The quantitative estimate of drug-likeness (QED) is 0.903. The summed E-state index contributed by atoms with van der Waals surface area (Å²) in [6.45, 7) is 2.45. The molecule has 1 aromatic carbocycles. The Morgan fingerprint density at radius 2 is 1.81 bits per heavy atom. The van der Waals surface area contributed by atoms with Gasteiger partial charge in [0.05, 0.1) is 0 Å². The number of carbonyl (C=O) groups excluding carboxylic acids is 2. The van der Waals surface area contributed by atoms with Crippen molar-refractivity contribution in [1.29, 1.82) is 0 Å². The van der Waals surface area contributed by atoms with Gasteiger partial charge in [0.2, 0.25) is 5.91 Å². The summed E-state index contributed by atoms with van der Waals surface area (Å²) in [4.78, 5) is 28.9. The maximum absolute atomic E-state index is 12.5. The van der Waals surface area contributed by atoms with E-state index in [-0.39, 0.29) is 18.0 Å². The van der Waals surface area contributed by atoms with Crippen molar-refractivity contribution in [2.45, 2.75) is 57.0 Å². The topological polar surface area (TPSA) is 52.7 Å². The van der Waals surface area contributed by atoms with E-state index in [0.29, 0.717) is 12.5 Å². The van der Waals surface area contributed by atoms with E-state index in [4.69, 9.17) is 0 Å². The second kappa shape index (κ2) is 7.68. The van der Waals surface area contributed by atoms with Gasteiger partial charge in [-0.1, -0.05) is 30.3 Å². The van der Waals surface area contributed by atoms with Gasteiger partial charge in [0.25, 0.3) is 0 Å². The van der Waals surface area contributed by atoms with Crippen molar-refractivity contribution >= 4 is 11.9 Å². The van der Waals surface area contributed by atoms with Crippen LogP contribution in [0, 0.1) is 5.92 Å². The Labute approximate surface area is 155 Å². The predicted molar refractivity (Wildman–Crippen MR) is 101 cm³/mol. The van der Waals surface area contributed by atoms with Crippen LogP contribution in [0.25, 0.3) is 0 Å². The lowest BCUT2D eigenvalue weighted by atomic mass is 10.0. The minimum atomic E-state index is 0.117. The highest BCUT2D eigenvalue weighted by molar-refractivity contribution is 5.77. The Kier molecular flexibility index (Phi) is 5.14. The second-order valence-corrected chi connectivity index (χ2v) is 8.08. The normalized spacial score (nSPS) is 25.5. The Bertz CT molecular complexity index is 640. The van der Waals surface area contributed by atoms with Crippen LogP contribution < -0.4 is 5.32 Å². The molecule has 0 radical (unpaired) electrons. The molecule has 1 N–H and O–H groups in total. The van der Waals surface area contributed by atoms with Gasteiger partial charge >= 0.3 is 6.03 Å². The van der Waals surface area contributed by atoms with E-state index in [9.17, 15) is 9.59 Å². The van der Waals surface area contributed by atoms with Crippen LogP contribution in [0.3, 0.4) is 0 Å². The molecule has 0 spiro atoms. The van der Waals surface area contributed by atoms with E-state index in [1.807, 2.05) is 28.0 Å². The number of nitrogens with zero attached hydrogens (tertiary/aromatic N) is 2. The van der Waals surface area contributed by atoms with E-state index >= 15 is 0 Å². The van der Waals surface area contributed by atoms with Crippen molar-refractivity contribution in [2.24, 2.45) is 5.92 Å². The molecule has 3 aliphatic rings. The summed E-state index contributed by atoms with van der Waals surface area (Å²) in [7, 11) is 0. The third-order valence-electron chi connectivity index (χ3n) is 6.32. The van der Waals surface area contributed by atoms with Crippen molar-refractivity contribution in [1.82, 2.24) is 15.1 Å². The number of urea groups is 1. The molecule has 4 rings (SSSR count). The number of likely N-dealkylation sites (tertiary alicyclic amines) is 2. The van der Waals surface area contributed by atoms with Crippen LogP contribution in [0.5, 0.6) is 0 Å². The fourth-order valence-electron chi connectivity index (χ4n) is 4.76. The van der Waals surface area contributed by atoms with Gasteiger partial charge in [-0.25, -0.2) is 4.79 Å².